The van der Waals surface area contributed by atoms with Crippen molar-refractivity contribution in [3.05, 3.63) is 64.9 Å². The smallest absolute Gasteiger partial charge is 0.448 e. The van der Waals surface area contributed by atoms with E-state index in [2.05, 4.69) is 5.43 Å². The standard InChI is InChI=1S/C25H28N3O4/c1-7-19-20(12-10-14-22(19)32-6)23(30)26-27(25(2,3)4)24(31)28(5)18(16-29)15-17-11-8-9-13-21(17)28/h8-15H,7H2,1-6H3/p+1. The van der Waals surface area contributed by atoms with Gasteiger partial charge in [-0.25, -0.2) is 4.79 Å². The number of fused-ring (bicyclic) bond motifs is 1. The van der Waals surface area contributed by atoms with Crippen LogP contribution in [0.3, 0.4) is 0 Å². The number of para-hydroxylation sites is 1. The van der Waals surface area contributed by atoms with E-state index in [0.717, 1.165) is 11.1 Å². The third kappa shape index (κ3) is 3.80. The Bertz CT molecular complexity index is 1100. The molecule has 0 bridgehead atoms. The number of nitrogens with one attached hydrogen (secondary N) is 1. The molecule has 1 unspecified atom stereocenters. The molecular formula is C25H29N3O4+. The molecule has 1 atom stereocenters. The fraction of sp³-hybridized carbons (Fsp3) is 0.320. The first-order chi connectivity index (χ1) is 15.1. The molecule has 3 amide bonds. The number of nitrogens with zero attached hydrogens (tertiary/aromatic N) is 2. The normalized spacial score (nSPS) is 17.2. The van der Waals surface area contributed by atoms with Crippen LogP contribution in [0.15, 0.2) is 48.2 Å². The van der Waals surface area contributed by atoms with Gasteiger partial charge in [0.25, 0.3) is 12.2 Å². The predicted molar refractivity (Wildman–Crippen MR) is 125 cm³/mol. The topological polar surface area (TPSA) is 75.7 Å². The lowest BCUT2D eigenvalue weighted by Crippen LogP contribution is -2.65. The van der Waals surface area contributed by atoms with Gasteiger partial charge in [-0.3, -0.25) is 15.0 Å². The van der Waals surface area contributed by atoms with Gasteiger partial charge in [-0.05, 0) is 45.4 Å². The van der Waals surface area contributed by atoms with Crippen LogP contribution in [0, 0.1) is 0 Å². The number of likely N-dealkylation sites (N-methyl/N-ethyl adjacent to an activating group) is 1. The average Bonchev–Trinajstić information content (AvgIpc) is 3.08. The Kier molecular flexibility index (Phi) is 6.23. The summed E-state index contributed by atoms with van der Waals surface area (Å²) in [6.07, 6.45) is 4.15. The number of benzene rings is 2. The molecule has 7 heteroatoms. The van der Waals surface area contributed by atoms with E-state index in [0.29, 0.717) is 23.4 Å². The van der Waals surface area contributed by atoms with Gasteiger partial charge in [-0.1, -0.05) is 25.1 Å². The third-order valence-electron chi connectivity index (χ3n) is 5.71. The molecule has 2 aromatic rings. The van der Waals surface area contributed by atoms with Crippen molar-refractivity contribution < 1.29 is 19.1 Å². The molecule has 0 saturated heterocycles. The summed E-state index contributed by atoms with van der Waals surface area (Å²) in [5.74, 6) is 0.186. The molecule has 1 heterocycles. The highest BCUT2D eigenvalue weighted by Crippen LogP contribution is 2.39. The molecule has 2 aromatic carbocycles. The molecule has 0 fully saturated rings. The number of ether oxygens (including phenoxy) is 1. The van der Waals surface area contributed by atoms with Crippen molar-refractivity contribution in [2.75, 3.05) is 14.2 Å². The van der Waals surface area contributed by atoms with E-state index in [1.54, 1.807) is 44.5 Å². The molecule has 0 aromatic heterocycles. The summed E-state index contributed by atoms with van der Waals surface area (Å²) in [5.41, 5.74) is 4.79. The Morgan fingerprint density at radius 1 is 1.12 bits per heavy atom. The van der Waals surface area contributed by atoms with Crippen molar-refractivity contribution in [2.45, 2.75) is 39.7 Å². The number of hydrazine groups is 1. The van der Waals surface area contributed by atoms with Crippen molar-refractivity contribution in [2.24, 2.45) is 0 Å². The number of urea groups is 1. The maximum Gasteiger partial charge on any atom is 0.448 e. The van der Waals surface area contributed by atoms with Crippen LogP contribution in [0.1, 0.15) is 49.2 Å². The van der Waals surface area contributed by atoms with Gasteiger partial charge in [-0.15, -0.1) is 0 Å². The zero-order valence-corrected chi connectivity index (χ0v) is 19.4. The molecule has 7 nitrogen and oxygen atoms in total. The first-order valence-electron chi connectivity index (χ1n) is 10.5. The average molecular weight is 436 g/mol. The van der Waals surface area contributed by atoms with Crippen molar-refractivity contribution in [1.29, 1.82) is 0 Å². The SMILES string of the molecule is CCc1c(OC)cccc1C(=O)NN(C(=O)[N+]1(C)C([C]=O)=Cc2ccccc21)C(C)(C)C. The van der Waals surface area contributed by atoms with Gasteiger partial charge in [-0.2, -0.15) is 9.49 Å². The van der Waals surface area contributed by atoms with Crippen LogP contribution in [-0.4, -0.2) is 42.9 Å². The second-order valence-corrected chi connectivity index (χ2v) is 8.77. The number of methoxy groups -OCH3 is 1. The fourth-order valence-corrected chi connectivity index (χ4v) is 3.95. The van der Waals surface area contributed by atoms with Crippen molar-refractivity contribution in [3.63, 3.8) is 0 Å². The van der Waals surface area contributed by atoms with Crippen LogP contribution in [-0.2, 0) is 11.2 Å². The Hall–Kier alpha value is -3.45. The maximum atomic E-state index is 13.9. The Morgan fingerprint density at radius 3 is 2.41 bits per heavy atom. The van der Waals surface area contributed by atoms with E-state index in [1.807, 2.05) is 52.2 Å². The molecule has 1 aliphatic rings. The van der Waals surface area contributed by atoms with Crippen LogP contribution in [0.25, 0.3) is 6.08 Å². The molecular weight excluding hydrogens is 406 g/mol. The Labute approximate surface area is 188 Å². The Morgan fingerprint density at radius 2 is 1.81 bits per heavy atom. The number of quaternary nitrogens is 1. The highest BCUT2D eigenvalue weighted by Gasteiger charge is 2.50. The molecule has 3 rings (SSSR count). The van der Waals surface area contributed by atoms with Crippen molar-refractivity contribution >= 4 is 30.0 Å². The monoisotopic (exact) mass is 435 g/mol. The predicted octanol–water partition coefficient (Wildman–Crippen LogP) is 4.22. The summed E-state index contributed by atoms with van der Waals surface area (Å²) in [6.45, 7) is 7.39. The van der Waals surface area contributed by atoms with Gasteiger partial charge in [0.05, 0.1) is 19.7 Å². The molecule has 1 aliphatic heterocycles. The number of carbonyl (C=O) groups is 2. The summed E-state index contributed by atoms with van der Waals surface area (Å²) < 4.78 is 4.98. The molecule has 1 radical (unpaired) electrons. The summed E-state index contributed by atoms with van der Waals surface area (Å²) in [5, 5.41) is 1.29. The van der Waals surface area contributed by atoms with E-state index >= 15 is 0 Å². The zero-order chi connectivity index (χ0) is 23.7. The number of hydrogen-bond acceptors (Lipinski definition) is 4. The minimum absolute atomic E-state index is 0.176. The van der Waals surface area contributed by atoms with Gasteiger partial charge >= 0.3 is 6.03 Å². The molecule has 0 saturated carbocycles. The zero-order valence-electron chi connectivity index (χ0n) is 19.4. The molecule has 0 spiro atoms. The van der Waals surface area contributed by atoms with Crippen LogP contribution < -0.4 is 14.6 Å². The van der Waals surface area contributed by atoms with Gasteiger partial charge in [0.15, 0.2) is 11.4 Å². The van der Waals surface area contributed by atoms with E-state index in [1.165, 1.54) is 5.01 Å². The minimum Gasteiger partial charge on any atom is -0.496 e. The third-order valence-corrected chi connectivity index (χ3v) is 5.71. The van der Waals surface area contributed by atoms with E-state index in [9.17, 15) is 14.4 Å². The summed E-state index contributed by atoms with van der Waals surface area (Å²) in [6, 6.07) is 12.1. The first-order valence-corrected chi connectivity index (χ1v) is 10.5. The van der Waals surface area contributed by atoms with Crippen molar-refractivity contribution in [3.8, 4) is 5.75 Å². The summed E-state index contributed by atoms with van der Waals surface area (Å²) >= 11 is 0. The number of allylic oxidation sites excluding steroid dienone is 1. The summed E-state index contributed by atoms with van der Waals surface area (Å²) in [7, 11) is 3.19. The highest BCUT2D eigenvalue weighted by atomic mass is 16.5. The number of amides is 3. The van der Waals surface area contributed by atoms with E-state index in [-0.39, 0.29) is 5.70 Å². The number of rotatable bonds is 4. The fourth-order valence-electron chi connectivity index (χ4n) is 3.95. The molecule has 0 aliphatic carbocycles. The first kappa shape index (κ1) is 23.2. The van der Waals surface area contributed by atoms with Gasteiger partial charge in [0, 0.05) is 28.8 Å². The highest BCUT2D eigenvalue weighted by molar-refractivity contribution is 6.06. The molecule has 167 valence electrons. The van der Waals surface area contributed by atoms with Gasteiger partial charge in [0.1, 0.15) is 5.75 Å². The Balaban J connectivity index is 2.04. The van der Waals surface area contributed by atoms with Crippen LogP contribution in [0.5, 0.6) is 5.75 Å². The van der Waals surface area contributed by atoms with Gasteiger partial charge < -0.3 is 4.74 Å². The quantitative estimate of drug-likeness (QED) is 0.576. The number of carbonyl (C=O) groups excluding carboxylic acids is 3. The molecule has 32 heavy (non-hydrogen) atoms. The summed E-state index contributed by atoms with van der Waals surface area (Å²) in [4.78, 5) is 39.0. The van der Waals surface area contributed by atoms with Crippen LogP contribution in [0.2, 0.25) is 0 Å². The lowest BCUT2D eigenvalue weighted by atomic mass is 10.0. The largest absolute Gasteiger partial charge is 0.496 e. The van der Waals surface area contributed by atoms with Crippen LogP contribution in [0.4, 0.5) is 10.5 Å². The molecule has 1 N–H and O–H groups in total. The number of hydrogen-bond donors (Lipinski definition) is 1. The van der Waals surface area contributed by atoms with Crippen molar-refractivity contribution in [1.82, 2.24) is 14.9 Å². The maximum absolute atomic E-state index is 13.9. The van der Waals surface area contributed by atoms with Crippen LogP contribution >= 0.6 is 0 Å². The lowest BCUT2D eigenvalue weighted by Gasteiger charge is -2.39. The van der Waals surface area contributed by atoms with E-state index < -0.39 is 22.0 Å². The van der Waals surface area contributed by atoms with E-state index in [4.69, 9.17) is 4.74 Å². The van der Waals surface area contributed by atoms with Gasteiger partial charge in [0.2, 0.25) is 0 Å². The second-order valence-electron chi connectivity index (χ2n) is 8.77. The lowest BCUT2D eigenvalue weighted by molar-refractivity contribution is 0.0604. The minimum atomic E-state index is -0.773. The second kappa shape index (κ2) is 8.59.